The number of fused-ring (bicyclic) bond motifs is 1. The van der Waals surface area contributed by atoms with Crippen LogP contribution in [0.4, 0.5) is 0 Å². The maximum atomic E-state index is 12.6. The molecule has 0 spiro atoms. The zero-order chi connectivity index (χ0) is 20.4. The van der Waals surface area contributed by atoms with Crippen LogP contribution in [-0.4, -0.2) is 26.0 Å². The van der Waals surface area contributed by atoms with Gasteiger partial charge in [0.15, 0.2) is 22.9 Å². The highest BCUT2D eigenvalue weighted by molar-refractivity contribution is 6.08. The maximum absolute atomic E-state index is 12.6. The summed E-state index contributed by atoms with van der Waals surface area (Å²) in [6.07, 6.45) is 0. The van der Waals surface area contributed by atoms with Crippen molar-refractivity contribution in [2.24, 2.45) is 0 Å². The molecular formula is C21H18O7. The Hall–Kier alpha value is -3.61. The van der Waals surface area contributed by atoms with Crippen molar-refractivity contribution in [3.05, 3.63) is 63.5 Å². The summed E-state index contributed by atoms with van der Waals surface area (Å²) in [5.41, 5.74) is 0.405. The molecular weight excluding hydrogens is 364 g/mol. The molecule has 1 aromatic heterocycles. The molecule has 144 valence electrons. The summed E-state index contributed by atoms with van der Waals surface area (Å²) in [7, 11) is 2.94. The van der Waals surface area contributed by atoms with Crippen LogP contribution in [0.5, 0.6) is 17.2 Å². The number of ketones is 1. The van der Waals surface area contributed by atoms with Crippen LogP contribution in [0.15, 0.2) is 45.6 Å². The number of rotatable bonds is 5. The van der Waals surface area contributed by atoms with Gasteiger partial charge in [0.1, 0.15) is 11.3 Å². The van der Waals surface area contributed by atoms with Crippen LogP contribution < -0.4 is 19.8 Å². The number of esters is 1. The van der Waals surface area contributed by atoms with Gasteiger partial charge in [0.25, 0.3) is 0 Å². The van der Waals surface area contributed by atoms with Crippen molar-refractivity contribution < 1.29 is 28.2 Å². The second kappa shape index (κ2) is 7.56. The first kappa shape index (κ1) is 19.2. The monoisotopic (exact) mass is 382 g/mol. The van der Waals surface area contributed by atoms with Crippen molar-refractivity contribution in [3.8, 4) is 17.2 Å². The summed E-state index contributed by atoms with van der Waals surface area (Å²) in [5, 5.41) is 0.593. The van der Waals surface area contributed by atoms with Gasteiger partial charge in [-0.3, -0.25) is 4.79 Å². The Bertz CT molecular complexity index is 1140. The molecule has 3 rings (SSSR count). The number of aryl methyl sites for hydroxylation is 1. The number of hydrogen-bond donors (Lipinski definition) is 0. The lowest BCUT2D eigenvalue weighted by Gasteiger charge is -2.12. The van der Waals surface area contributed by atoms with Crippen LogP contribution >= 0.6 is 0 Å². The zero-order valence-electron chi connectivity index (χ0n) is 15.8. The second-order valence-electron chi connectivity index (χ2n) is 6.08. The van der Waals surface area contributed by atoms with Gasteiger partial charge in [-0.05, 0) is 49.7 Å². The molecule has 0 amide bonds. The van der Waals surface area contributed by atoms with E-state index in [0.29, 0.717) is 22.4 Å². The van der Waals surface area contributed by atoms with E-state index in [2.05, 4.69) is 0 Å². The van der Waals surface area contributed by atoms with E-state index in [4.69, 9.17) is 18.6 Å². The molecule has 3 aromatic rings. The first-order valence-electron chi connectivity index (χ1n) is 8.38. The molecule has 0 fully saturated rings. The first-order valence-corrected chi connectivity index (χ1v) is 8.38. The average molecular weight is 382 g/mol. The summed E-state index contributed by atoms with van der Waals surface area (Å²) in [6.45, 7) is 3.04. The highest BCUT2D eigenvalue weighted by atomic mass is 16.5. The predicted octanol–water partition coefficient (Wildman–Crippen LogP) is 3.54. The normalized spacial score (nSPS) is 10.6. The van der Waals surface area contributed by atoms with E-state index in [1.54, 1.807) is 19.1 Å². The lowest BCUT2D eigenvalue weighted by Crippen LogP contribution is -2.12. The SMILES string of the molecule is COc1ccc(C(=O)Oc2ccc3c(C)cc(=O)oc3c2C(C)=O)cc1OC. The molecule has 0 aliphatic heterocycles. The van der Waals surface area contributed by atoms with Gasteiger partial charge >= 0.3 is 11.6 Å². The van der Waals surface area contributed by atoms with Crippen molar-refractivity contribution in [1.82, 2.24) is 0 Å². The van der Waals surface area contributed by atoms with Crippen LogP contribution in [-0.2, 0) is 0 Å². The van der Waals surface area contributed by atoms with Gasteiger partial charge in [-0.15, -0.1) is 0 Å². The molecule has 0 aliphatic rings. The summed E-state index contributed by atoms with van der Waals surface area (Å²) in [5.74, 6) is -0.254. The number of carbonyl (C=O) groups excluding carboxylic acids is 2. The summed E-state index contributed by atoms with van der Waals surface area (Å²) < 4.78 is 21.0. The summed E-state index contributed by atoms with van der Waals surface area (Å²) in [6, 6.07) is 9.04. The third-order valence-corrected chi connectivity index (χ3v) is 4.26. The van der Waals surface area contributed by atoms with Gasteiger partial charge in [0, 0.05) is 11.5 Å². The van der Waals surface area contributed by atoms with Crippen LogP contribution in [0.3, 0.4) is 0 Å². The Morgan fingerprint density at radius 3 is 2.25 bits per heavy atom. The second-order valence-corrected chi connectivity index (χ2v) is 6.08. The van der Waals surface area contributed by atoms with Crippen molar-refractivity contribution in [2.45, 2.75) is 13.8 Å². The van der Waals surface area contributed by atoms with Gasteiger partial charge in [0.2, 0.25) is 0 Å². The van der Waals surface area contributed by atoms with Crippen LogP contribution in [0, 0.1) is 6.92 Å². The fourth-order valence-corrected chi connectivity index (χ4v) is 2.91. The van der Waals surface area contributed by atoms with Gasteiger partial charge in [-0.25, -0.2) is 9.59 Å². The van der Waals surface area contributed by atoms with E-state index < -0.39 is 17.4 Å². The van der Waals surface area contributed by atoms with Crippen LogP contribution in [0.2, 0.25) is 0 Å². The maximum Gasteiger partial charge on any atom is 0.343 e. The van der Waals surface area contributed by atoms with Crippen molar-refractivity contribution in [2.75, 3.05) is 14.2 Å². The smallest absolute Gasteiger partial charge is 0.343 e. The van der Waals surface area contributed by atoms with E-state index in [0.717, 1.165) is 0 Å². The molecule has 0 unspecified atom stereocenters. The molecule has 0 aliphatic carbocycles. The van der Waals surface area contributed by atoms with E-state index in [-0.39, 0.29) is 22.5 Å². The highest BCUT2D eigenvalue weighted by Gasteiger charge is 2.21. The van der Waals surface area contributed by atoms with Gasteiger partial charge in [-0.2, -0.15) is 0 Å². The molecule has 0 bridgehead atoms. The van der Waals surface area contributed by atoms with Crippen molar-refractivity contribution >= 4 is 22.7 Å². The fraction of sp³-hybridized carbons (Fsp3) is 0.190. The molecule has 0 radical (unpaired) electrons. The lowest BCUT2D eigenvalue weighted by atomic mass is 10.0. The predicted molar refractivity (Wildman–Crippen MR) is 102 cm³/mol. The molecule has 1 heterocycles. The average Bonchev–Trinajstić information content (AvgIpc) is 2.66. The standard InChI is InChI=1S/C21H18O7/c1-11-9-18(23)28-20-14(11)6-8-16(19(20)12(2)22)27-21(24)13-5-7-15(25-3)17(10-13)26-4/h5-10H,1-4H3. The summed E-state index contributed by atoms with van der Waals surface area (Å²) >= 11 is 0. The lowest BCUT2D eigenvalue weighted by molar-refractivity contribution is 0.0732. The molecule has 0 saturated carbocycles. The van der Waals surface area contributed by atoms with Gasteiger partial charge < -0.3 is 18.6 Å². The fourth-order valence-electron chi connectivity index (χ4n) is 2.91. The Kier molecular flexibility index (Phi) is 5.17. The minimum Gasteiger partial charge on any atom is -0.493 e. The van der Waals surface area contributed by atoms with Crippen molar-refractivity contribution in [1.29, 1.82) is 0 Å². The largest absolute Gasteiger partial charge is 0.493 e. The number of benzene rings is 2. The quantitative estimate of drug-likeness (QED) is 0.288. The number of carbonyl (C=O) groups is 2. The molecule has 0 atom stereocenters. The number of ether oxygens (including phenoxy) is 3. The molecule has 2 aromatic carbocycles. The Morgan fingerprint density at radius 1 is 0.929 bits per heavy atom. The Labute approximate surface area is 160 Å². The van der Waals surface area contributed by atoms with E-state index in [1.165, 1.54) is 45.4 Å². The number of hydrogen-bond acceptors (Lipinski definition) is 7. The van der Waals surface area contributed by atoms with Crippen LogP contribution in [0.1, 0.15) is 33.2 Å². The van der Waals surface area contributed by atoms with Gasteiger partial charge in [-0.1, -0.05) is 0 Å². The van der Waals surface area contributed by atoms with Gasteiger partial charge in [0.05, 0.1) is 19.8 Å². The minimum absolute atomic E-state index is 0.00790. The number of Topliss-reactive ketones (excluding diaryl/α,β-unsaturated/α-hetero) is 1. The first-order chi connectivity index (χ1) is 13.3. The summed E-state index contributed by atoms with van der Waals surface area (Å²) in [4.78, 5) is 36.6. The molecule has 28 heavy (non-hydrogen) atoms. The minimum atomic E-state index is -0.696. The zero-order valence-corrected chi connectivity index (χ0v) is 15.8. The van der Waals surface area contributed by atoms with Crippen LogP contribution in [0.25, 0.3) is 11.0 Å². The number of methoxy groups -OCH3 is 2. The van der Waals surface area contributed by atoms with E-state index in [9.17, 15) is 14.4 Å². The molecule has 7 nitrogen and oxygen atoms in total. The topological polar surface area (TPSA) is 92.0 Å². The Morgan fingerprint density at radius 2 is 1.61 bits per heavy atom. The van der Waals surface area contributed by atoms with Crippen molar-refractivity contribution in [3.63, 3.8) is 0 Å². The molecule has 7 heteroatoms. The molecule has 0 N–H and O–H groups in total. The third kappa shape index (κ3) is 3.46. The molecule has 0 saturated heterocycles. The van der Waals surface area contributed by atoms with E-state index >= 15 is 0 Å². The Balaban J connectivity index is 2.07. The highest BCUT2D eigenvalue weighted by Crippen LogP contribution is 2.31. The van der Waals surface area contributed by atoms with E-state index in [1.807, 2.05) is 0 Å². The third-order valence-electron chi connectivity index (χ3n) is 4.26.